The molecule has 114 valence electrons. The molecule has 0 unspecified atom stereocenters. The lowest BCUT2D eigenvalue weighted by molar-refractivity contribution is 0.0953. The average Bonchev–Trinajstić information content (AvgIpc) is 2.30. The lowest BCUT2D eigenvalue weighted by Gasteiger charge is -2.10. The molecule has 0 saturated heterocycles. The van der Waals surface area contributed by atoms with Crippen LogP contribution in [0.4, 0.5) is 5.69 Å². The van der Waals surface area contributed by atoms with Crippen LogP contribution in [0.1, 0.15) is 22.3 Å². The molecule has 4 N–H and O–H groups in total. The molecule has 0 saturated carbocycles. The molecule has 0 aromatic heterocycles. The van der Waals surface area contributed by atoms with Crippen molar-refractivity contribution < 1.29 is 13.2 Å². The molecule has 0 aliphatic rings. The predicted octanol–water partition coefficient (Wildman–Crippen LogP) is 0.867. The Morgan fingerprint density at radius 2 is 2.00 bits per heavy atom. The van der Waals surface area contributed by atoms with Crippen molar-refractivity contribution in [3.05, 3.63) is 29.3 Å². The smallest absolute Gasteiger partial charge is 0.251 e. The second-order valence-electron chi connectivity index (χ2n) is 4.30. The molecule has 0 aliphatic carbocycles. The average molecular weight is 322 g/mol. The summed E-state index contributed by atoms with van der Waals surface area (Å²) in [5.74, 6) is -0.245. The minimum Gasteiger partial charge on any atom is -0.352 e. The molecule has 0 aliphatic heterocycles. The van der Waals surface area contributed by atoms with Crippen LogP contribution in [0.5, 0.6) is 0 Å². The van der Waals surface area contributed by atoms with Gasteiger partial charge in [0.2, 0.25) is 10.0 Å². The van der Waals surface area contributed by atoms with Crippen molar-refractivity contribution in [3.8, 4) is 0 Å². The van der Waals surface area contributed by atoms with Crippen LogP contribution in [-0.2, 0) is 10.0 Å². The third-order valence-electron chi connectivity index (χ3n) is 2.46. The van der Waals surface area contributed by atoms with Crippen LogP contribution in [0.15, 0.2) is 18.2 Å². The molecule has 20 heavy (non-hydrogen) atoms. The first-order valence-electron chi connectivity index (χ1n) is 5.90. The van der Waals surface area contributed by atoms with Crippen LogP contribution in [0.2, 0.25) is 0 Å². The summed E-state index contributed by atoms with van der Waals surface area (Å²) in [6, 6.07) is 4.88. The van der Waals surface area contributed by atoms with Crippen molar-refractivity contribution in [2.24, 2.45) is 5.73 Å². The van der Waals surface area contributed by atoms with Gasteiger partial charge in [-0.2, -0.15) is 0 Å². The predicted molar refractivity (Wildman–Crippen MR) is 82.9 cm³/mol. The molecule has 1 aromatic carbocycles. The topological polar surface area (TPSA) is 101 Å². The van der Waals surface area contributed by atoms with Crippen LogP contribution in [0.3, 0.4) is 0 Å². The minimum atomic E-state index is -3.36. The number of hydrogen-bond donors (Lipinski definition) is 3. The van der Waals surface area contributed by atoms with E-state index >= 15 is 0 Å². The third kappa shape index (κ3) is 6.23. The van der Waals surface area contributed by atoms with Gasteiger partial charge in [-0.3, -0.25) is 9.52 Å². The molecular weight excluding hydrogens is 302 g/mol. The number of benzene rings is 1. The van der Waals surface area contributed by atoms with Gasteiger partial charge in [0.25, 0.3) is 5.91 Å². The highest BCUT2D eigenvalue weighted by Gasteiger charge is 2.10. The Labute approximate surface area is 125 Å². The Bertz CT molecular complexity index is 561. The highest BCUT2D eigenvalue weighted by Crippen LogP contribution is 2.17. The van der Waals surface area contributed by atoms with Crippen molar-refractivity contribution in [1.29, 1.82) is 0 Å². The lowest BCUT2D eigenvalue weighted by Crippen LogP contribution is -2.26. The molecule has 6 nitrogen and oxygen atoms in total. The summed E-state index contributed by atoms with van der Waals surface area (Å²) in [4.78, 5) is 11.8. The molecule has 0 fully saturated rings. The number of rotatable bonds is 6. The Balaban J connectivity index is 0.00000361. The lowest BCUT2D eigenvalue weighted by atomic mass is 10.1. The minimum absolute atomic E-state index is 0. The first-order chi connectivity index (χ1) is 8.83. The van der Waals surface area contributed by atoms with Crippen LogP contribution < -0.4 is 15.8 Å². The summed E-state index contributed by atoms with van der Waals surface area (Å²) in [5, 5.41) is 2.71. The van der Waals surface area contributed by atoms with Gasteiger partial charge in [0.15, 0.2) is 0 Å². The first-order valence-corrected chi connectivity index (χ1v) is 7.79. The molecule has 1 amide bonds. The molecule has 0 bridgehead atoms. The van der Waals surface area contributed by atoms with Gasteiger partial charge in [0.1, 0.15) is 0 Å². The van der Waals surface area contributed by atoms with E-state index in [-0.39, 0.29) is 18.3 Å². The number of carbonyl (C=O) groups excluding carboxylic acids is 1. The number of nitrogens with one attached hydrogen (secondary N) is 2. The number of halogens is 1. The van der Waals surface area contributed by atoms with E-state index in [4.69, 9.17) is 5.73 Å². The van der Waals surface area contributed by atoms with Crippen molar-refractivity contribution in [2.75, 3.05) is 24.1 Å². The summed E-state index contributed by atoms with van der Waals surface area (Å²) < 4.78 is 24.8. The summed E-state index contributed by atoms with van der Waals surface area (Å²) >= 11 is 0. The fourth-order valence-electron chi connectivity index (χ4n) is 1.48. The zero-order valence-corrected chi connectivity index (χ0v) is 13.1. The zero-order valence-electron chi connectivity index (χ0n) is 11.5. The molecule has 0 spiro atoms. The summed E-state index contributed by atoms with van der Waals surface area (Å²) in [6.45, 7) is 2.77. The Kier molecular flexibility index (Phi) is 7.55. The number of carbonyl (C=O) groups is 1. The molecule has 1 rings (SSSR count). The second-order valence-corrected chi connectivity index (χ2v) is 6.05. The van der Waals surface area contributed by atoms with Crippen molar-refractivity contribution in [2.45, 2.75) is 13.3 Å². The van der Waals surface area contributed by atoms with Gasteiger partial charge in [-0.1, -0.05) is 6.07 Å². The van der Waals surface area contributed by atoms with E-state index < -0.39 is 10.0 Å². The maximum absolute atomic E-state index is 11.8. The van der Waals surface area contributed by atoms with Crippen LogP contribution in [-0.4, -0.2) is 33.7 Å². The van der Waals surface area contributed by atoms with Gasteiger partial charge in [0, 0.05) is 12.1 Å². The number of amides is 1. The normalized spacial score (nSPS) is 10.6. The van der Waals surface area contributed by atoms with Crippen molar-refractivity contribution in [3.63, 3.8) is 0 Å². The summed E-state index contributed by atoms with van der Waals surface area (Å²) in [5.41, 5.74) is 6.91. The van der Waals surface area contributed by atoms with Gasteiger partial charge in [-0.15, -0.1) is 12.4 Å². The summed E-state index contributed by atoms with van der Waals surface area (Å²) in [7, 11) is -3.36. The van der Waals surface area contributed by atoms with Gasteiger partial charge in [-0.25, -0.2) is 8.42 Å². The maximum atomic E-state index is 11.8. The number of sulfonamides is 1. The maximum Gasteiger partial charge on any atom is 0.251 e. The monoisotopic (exact) mass is 321 g/mol. The largest absolute Gasteiger partial charge is 0.352 e. The van der Waals surface area contributed by atoms with Gasteiger partial charge < -0.3 is 11.1 Å². The van der Waals surface area contributed by atoms with Crippen LogP contribution in [0.25, 0.3) is 0 Å². The Morgan fingerprint density at radius 1 is 1.35 bits per heavy atom. The van der Waals surface area contributed by atoms with E-state index in [2.05, 4.69) is 10.0 Å². The van der Waals surface area contributed by atoms with E-state index in [1.807, 2.05) is 0 Å². The second kappa shape index (κ2) is 8.08. The standard InChI is InChI=1S/C12H19N3O3S.ClH/c1-9-4-5-10(12(16)14-7-3-6-13)8-11(9)15-19(2,17)18;/h4-5,8,15H,3,6-7,13H2,1-2H3,(H,14,16);1H. The highest BCUT2D eigenvalue weighted by atomic mass is 35.5. The Morgan fingerprint density at radius 3 is 2.55 bits per heavy atom. The van der Waals surface area contributed by atoms with Gasteiger partial charge in [0.05, 0.1) is 11.9 Å². The summed E-state index contributed by atoms with van der Waals surface area (Å²) in [6.07, 6.45) is 1.77. The zero-order chi connectivity index (χ0) is 14.5. The van der Waals surface area contributed by atoms with Crippen LogP contribution >= 0.6 is 12.4 Å². The van der Waals surface area contributed by atoms with E-state index in [9.17, 15) is 13.2 Å². The van der Waals surface area contributed by atoms with E-state index in [1.165, 1.54) is 6.07 Å². The molecule has 0 heterocycles. The fourth-order valence-corrected chi connectivity index (χ4v) is 2.10. The quantitative estimate of drug-likeness (QED) is 0.676. The fraction of sp³-hybridized carbons (Fsp3) is 0.417. The highest BCUT2D eigenvalue weighted by molar-refractivity contribution is 7.92. The first kappa shape index (κ1) is 18.7. The van der Waals surface area contributed by atoms with Gasteiger partial charge >= 0.3 is 0 Å². The number of anilines is 1. The molecule has 8 heteroatoms. The molecule has 0 radical (unpaired) electrons. The number of aryl methyl sites for hydroxylation is 1. The number of hydrogen-bond acceptors (Lipinski definition) is 4. The Hall–Kier alpha value is -1.31. The van der Waals surface area contributed by atoms with E-state index in [1.54, 1.807) is 19.1 Å². The number of nitrogens with two attached hydrogens (primary N) is 1. The van der Waals surface area contributed by atoms with E-state index in [0.717, 1.165) is 11.8 Å². The van der Waals surface area contributed by atoms with Gasteiger partial charge in [-0.05, 0) is 37.6 Å². The van der Waals surface area contributed by atoms with Crippen LogP contribution in [0, 0.1) is 6.92 Å². The third-order valence-corrected chi connectivity index (χ3v) is 3.05. The molecular formula is C12H20ClN3O3S. The van der Waals surface area contributed by atoms with E-state index in [0.29, 0.717) is 30.8 Å². The molecule has 0 atom stereocenters. The van der Waals surface area contributed by atoms with Crippen molar-refractivity contribution >= 4 is 34.0 Å². The SMILES string of the molecule is Cc1ccc(C(=O)NCCCN)cc1NS(C)(=O)=O.Cl. The van der Waals surface area contributed by atoms with Crippen molar-refractivity contribution in [1.82, 2.24) is 5.32 Å². The molecule has 1 aromatic rings.